The fourth-order valence-electron chi connectivity index (χ4n) is 1.17. The maximum atomic E-state index is 12.5. The Labute approximate surface area is 104 Å². The Kier molecular flexibility index (Phi) is 5.18. The average molecular weight is 287 g/mol. The number of rotatable bonds is 5. The number of thioether (sulfide) groups is 1. The predicted octanol–water partition coefficient (Wildman–Crippen LogP) is 4.52. The third kappa shape index (κ3) is 4.32. The summed E-state index contributed by atoms with van der Waals surface area (Å²) in [7, 11) is 0. The van der Waals surface area contributed by atoms with Crippen molar-refractivity contribution < 1.29 is 26.4 Å². The molecule has 0 amide bonds. The molecule has 2 nitrogen and oxygen atoms in total. The zero-order valence-corrected chi connectivity index (χ0v) is 10.2. The molecule has 0 aliphatic carbocycles. The summed E-state index contributed by atoms with van der Waals surface area (Å²) < 4.78 is 65.8. The first-order chi connectivity index (χ1) is 8.34. The van der Waals surface area contributed by atoms with Crippen LogP contribution in [0.1, 0.15) is 24.8 Å². The summed E-state index contributed by atoms with van der Waals surface area (Å²) in [5, 5.41) is -0.146. The average Bonchev–Trinajstić information content (AvgIpc) is 2.67. The first-order valence-corrected chi connectivity index (χ1v) is 6.04. The molecule has 1 aromatic heterocycles. The monoisotopic (exact) mass is 287 g/mol. The van der Waals surface area contributed by atoms with Gasteiger partial charge in [0, 0.05) is 12.2 Å². The Morgan fingerprint density at radius 3 is 2.50 bits per heavy atom. The Morgan fingerprint density at radius 2 is 2.06 bits per heavy atom. The van der Waals surface area contributed by atoms with E-state index in [0.29, 0.717) is 6.08 Å². The van der Waals surface area contributed by atoms with Gasteiger partial charge in [0.25, 0.3) is 11.3 Å². The fraction of sp³-hybridized carbons (Fsp3) is 0.500. The van der Waals surface area contributed by atoms with Crippen LogP contribution >= 0.6 is 11.8 Å². The van der Waals surface area contributed by atoms with E-state index < -0.39 is 18.0 Å². The van der Waals surface area contributed by atoms with Crippen LogP contribution in [0.5, 0.6) is 0 Å². The topological polar surface area (TPSA) is 26.0 Å². The van der Waals surface area contributed by atoms with Gasteiger partial charge < -0.3 is 4.42 Å². The van der Waals surface area contributed by atoms with Crippen LogP contribution in [0.2, 0.25) is 0 Å². The standard InChI is InChI=1S/C10H10F5NOS/c1-2-6-8(10(13,14)15)16-9(17-6)18-5-3-4-7(11)12/h4H,2-3,5H2,1H3. The van der Waals surface area contributed by atoms with E-state index in [1.165, 1.54) is 6.92 Å². The summed E-state index contributed by atoms with van der Waals surface area (Å²) in [5.74, 6) is -0.0598. The van der Waals surface area contributed by atoms with Gasteiger partial charge >= 0.3 is 6.18 Å². The Balaban J connectivity index is 2.68. The van der Waals surface area contributed by atoms with E-state index >= 15 is 0 Å². The van der Waals surface area contributed by atoms with Crippen molar-refractivity contribution in [2.24, 2.45) is 0 Å². The SMILES string of the molecule is CCc1oc(SCCC=C(F)F)nc1C(F)(F)F. The molecule has 0 unspecified atom stereocenters. The molecule has 0 N–H and O–H groups in total. The molecule has 0 aromatic carbocycles. The van der Waals surface area contributed by atoms with Gasteiger partial charge in [0.05, 0.1) is 0 Å². The minimum atomic E-state index is -4.56. The maximum absolute atomic E-state index is 12.5. The molecule has 1 heterocycles. The van der Waals surface area contributed by atoms with Gasteiger partial charge in [-0.3, -0.25) is 0 Å². The second-order valence-electron chi connectivity index (χ2n) is 3.23. The Hall–Kier alpha value is -1.05. The van der Waals surface area contributed by atoms with Crippen molar-refractivity contribution in [1.29, 1.82) is 0 Å². The van der Waals surface area contributed by atoms with Crippen molar-refractivity contribution in [2.75, 3.05) is 5.75 Å². The number of alkyl halides is 3. The van der Waals surface area contributed by atoms with Crippen molar-refractivity contribution in [3.05, 3.63) is 23.6 Å². The van der Waals surface area contributed by atoms with E-state index in [0.717, 1.165) is 11.8 Å². The largest absolute Gasteiger partial charge is 0.436 e. The second kappa shape index (κ2) is 6.21. The van der Waals surface area contributed by atoms with Gasteiger partial charge in [-0.15, -0.1) is 0 Å². The van der Waals surface area contributed by atoms with Crippen molar-refractivity contribution in [2.45, 2.75) is 31.2 Å². The molecule has 0 aliphatic heterocycles. The molecule has 0 fully saturated rings. The van der Waals surface area contributed by atoms with Crippen molar-refractivity contribution >= 4 is 11.8 Å². The summed E-state index contributed by atoms with van der Waals surface area (Å²) in [5.41, 5.74) is -1.04. The molecular formula is C10H10F5NOS. The van der Waals surface area contributed by atoms with Gasteiger partial charge in [-0.1, -0.05) is 18.7 Å². The smallest absolute Gasteiger partial charge is 0.436 e. The number of hydrogen-bond donors (Lipinski definition) is 0. The van der Waals surface area contributed by atoms with Gasteiger partial charge in [0.15, 0.2) is 5.69 Å². The van der Waals surface area contributed by atoms with E-state index in [2.05, 4.69) is 4.98 Å². The van der Waals surface area contributed by atoms with Crippen LogP contribution in [0, 0.1) is 0 Å². The lowest BCUT2D eigenvalue weighted by Crippen LogP contribution is -2.08. The van der Waals surface area contributed by atoms with Gasteiger partial charge in [-0.25, -0.2) is 0 Å². The van der Waals surface area contributed by atoms with Crippen LogP contribution in [-0.4, -0.2) is 10.7 Å². The predicted molar refractivity (Wildman–Crippen MR) is 56.5 cm³/mol. The highest BCUT2D eigenvalue weighted by atomic mass is 32.2. The van der Waals surface area contributed by atoms with Crippen molar-refractivity contribution in [3.63, 3.8) is 0 Å². The highest BCUT2D eigenvalue weighted by Gasteiger charge is 2.38. The van der Waals surface area contributed by atoms with Gasteiger partial charge in [0.1, 0.15) is 5.76 Å². The van der Waals surface area contributed by atoms with E-state index in [1.807, 2.05) is 0 Å². The van der Waals surface area contributed by atoms with Crippen LogP contribution in [0.4, 0.5) is 22.0 Å². The quantitative estimate of drug-likeness (QED) is 0.452. The molecular weight excluding hydrogens is 277 g/mol. The summed E-state index contributed by atoms with van der Waals surface area (Å²) in [6, 6.07) is 0. The first-order valence-electron chi connectivity index (χ1n) is 5.05. The normalized spacial score (nSPS) is 11.7. The molecule has 0 saturated carbocycles. The van der Waals surface area contributed by atoms with Crippen LogP contribution in [0.15, 0.2) is 21.8 Å². The summed E-state index contributed by atoms with van der Waals surface area (Å²) in [4.78, 5) is 3.33. The highest BCUT2D eigenvalue weighted by molar-refractivity contribution is 7.99. The number of nitrogens with zero attached hydrogens (tertiary/aromatic N) is 1. The zero-order chi connectivity index (χ0) is 13.8. The van der Waals surface area contributed by atoms with Crippen LogP contribution < -0.4 is 0 Å². The van der Waals surface area contributed by atoms with Crippen molar-refractivity contribution in [3.8, 4) is 0 Å². The number of halogens is 5. The highest BCUT2D eigenvalue weighted by Crippen LogP contribution is 2.34. The molecule has 1 rings (SSSR count). The summed E-state index contributed by atoms with van der Waals surface area (Å²) in [6.07, 6.45) is -5.56. The zero-order valence-electron chi connectivity index (χ0n) is 9.35. The number of aryl methyl sites for hydroxylation is 1. The van der Waals surface area contributed by atoms with Crippen LogP contribution in [0.3, 0.4) is 0 Å². The number of hydrogen-bond acceptors (Lipinski definition) is 3. The Bertz CT molecular complexity index is 422. The van der Waals surface area contributed by atoms with E-state index in [9.17, 15) is 22.0 Å². The van der Waals surface area contributed by atoms with Crippen molar-refractivity contribution in [1.82, 2.24) is 4.98 Å². The number of oxazole rings is 1. The molecule has 8 heteroatoms. The summed E-state index contributed by atoms with van der Waals surface area (Å²) >= 11 is 0.873. The maximum Gasteiger partial charge on any atom is 0.436 e. The lowest BCUT2D eigenvalue weighted by Gasteiger charge is -2.01. The van der Waals surface area contributed by atoms with Gasteiger partial charge in [-0.2, -0.15) is 26.9 Å². The molecule has 0 aliphatic rings. The van der Waals surface area contributed by atoms with Gasteiger partial charge in [-0.05, 0) is 12.5 Å². The molecule has 1 aromatic rings. The minimum absolute atomic E-state index is 0.0399. The molecule has 18 heavy (non-hydrogen) atoms. The van der Waals surface area contributed by atoms with Gasteiger partial charge in [0.2, 0.25) is 0 Å². The fourth-order valence-corrected chi connectivity index (χ4v) is 1.89. The molecule has 0 atom stereocenters. The van der Waals surface area contributed by atoms with E-state index in [-0.39, 0.29) is 29.6 Å². The number of allylic oxidation sites excluding steroid dienone is 1. The molecule has 0 saturated heterocycles. The molecule has 0 spiro atoms. The minimum Gasteiger partial charge on any atom is -0.436 e. The van der Waals surface area contributed by atoms with E-state index in [1.54, 1.807) is 0 Å². The summed E-state index contributed by atoms with van der Waals surface area (Å²) in [6.45, 7) is 1.52. The van der Waals surface area contributed by atoms with Crippen LogP contribution in [0.25, 0.3) is 0 Å². The first kappa shape index (κ1) is 15.0. The molecule has 0 radical (unpaired) electrons. The second-order valence-corrected chi connectivity index (χ2v) is 4.28. The lowest BCUT2D eigenvalue weighted by atomic mass is 10.3. The van der Waals surface area contributed by atoms with E-state index in [4.69, 9.17) is 4.42 Å². The third-order valence-electron chi connectivity index (χ3n) is 1.91. The lowest BCUT2D eigenvalue weighted by molar-refractivity contribution is -0.142. The number of aromatic nitrogens is 1. The molecule has 102 valence electrons. The Morgan fingerprint density at radius 1 is 1.39 bits per heavy atom. The van der Waals surface area contributed by atoms with Crippen LogP contribution in [-0.2, 0) is 12.6 Å². The third-order valence-corrected chi connectivity index (χ3v) is 2.77. The molecule has 0 bridgehead atoms.